The predicted octanol–water partition coefficient (Wildman–Crippen LogP) is 2.25. The minimum Gasteiger partial charge on any atom is -0.306 e. The van der Waals surface area contributed by atoms with Crippen LogP contribution < -0.4 is 5.32 Å². The number of hydrogen-bond donors (Lipinski definition) is 1. The standard InChI is InChI=1S/C12H7ClN4O/c13-10-3-4-15-7-9(10)12(18)17-11-2-1-8(5-14)6-16-11/h1-4,6-7H,(H,16,17,18). The molecule has 1 N–H and O–H groups in total. The molecule has 0 unspecified atom stereocenters. The van der Waals surface area contributed by atoms with Crippen LogP contribution in [0.15, 0.2) is 36.8 Å². The highest BCUT2D eigenvalue weighted by atomic mass is 35.5. The van der Waals surface area contributed by atoms with E-state index in [9.17, 15) is 4.79 Å². The van der Waals surface area contributed by atoms with E-state index in [1.165, 1.54) is 24.7 Å². The van der Waals surface area contributed by atoms with Crippen LogP contribution in [0.3, 0.4) is 0 Å². The van der Waals surface area contributed by atoms with Gasteiger partial charge >= 0.3 is 0 Å². The number of halogens is 1. The fourth-order valence-electron chi connectivity index (χ4n) is 1.26. The maximum atomic E-state index is 11.8. The van der Waals surface area contributed by atoms with Gasteiger partial charge in [-0.25, -0.2) is 4.98 Å². The van der Waals surface area contributed by atoms with E-state index in [0.29, 0.717) is 16.4 Å². The summed E-state index contributed by atoms with van der Waals surface area (Å²) in [5.74, 6) is -0.0516. The Balaban J connectivity index is 2.17. The molecule has 6 heteroatoms. The molecule has 0 saturated heterocycles. The largest absolute Gasteiger partial charge is 0.306 e. The van der Waals surface area contributed by atoms with Gasteiger partial charge < -0.3 is 5.32 Å². The van der Waals surface area contributed by atoms with Crippen LogP contribution in [0.2, 0.25) is 5.02 Å². The highest BCUT2D eigenvalue weighted by Crippen LogP contribution is 2.15. The summed E-state index contributed by atoms with van der Waals surface area (Å²) in [6.45, 7) is 0. The summed E-state index contributed by atoms with van der Waals surface area (Å²) in [4.78, 5) is 19.6. The molecular weight excluding hydrogens is 252 g/mol. The molecule has 0 spiro atoms. The highest BCUT2D eigenvalue weighted by molar-refractivity contribution is 6.34. The van der Waals surface area contributed by atoms with Crippen molar-refractivity contribution in [2.75, 3.05) is 5.32 Å². The van der Waals surface area contributed by atoms with Gasteiger partial charge in [-0.2, -0.15) is 5.26 Å². The van der Waals surface area contributed by atoms with Gasteiger partial charge in [-0.1, -0.05) is 11.6 Å². The molecule has 2 aromatic rings. The van der Waals surface area contributed by atoms with Gasteiger partial charge in [-0.15, -0.1) is 0 Å². The van der Waals surface area contributed by atoms with Crippen LogP contribution in [0.4, 0.5) is 5.82 Å². The van der Waals surface area contributed by atoms with Crippen molar-refractivity contribution in [2.24, 2.45) is 0 Å². The fraction of sp³-hybridized carbons (Fsp3) is 0. The van der Waals surface area contributed by atoms with Crippen molar-refractivity contribution >= 4 is 23.3 Å². The third-order valence-corrected chi connectivity index (χ3v) is 2.48. The molecule has 1 amide bonds. The summed E-state index contributed by atoms with van der Waals surface area (Å²) >= 11 is 5.87. The average Bonchev–Trinajstić information content (AvgIpc) is 2.40. The zero-order valence-corrected chi connectivity index (χ0v) is 9.85. The number of anilines is 1. The van der Waals surface area contributed by atoms with Crippen molar-refractivity contribution < 1.29 is 4.79 Å². The number of nitrogens with zero attached hydrogens (tertiary/aromatic N) is 3. The van der Waals surface area contributed by atoms with Crippen LogP contribution in [0, 0.1) is 11.3 Å². The monoisotopic (exact) mass is 258 g/mol. The lowest BCUT2D eigenvalue weighted by molar-refractivity contribution is 0.102. The second kappa shape index (κ2) is 5.25. The van der Waals surface area contributed by atoms with E-state index in [1.54, 1.807) is 12.1 Å². The quantitative estimate of drug-likeness (QED) is 0.896. The Labute approximate surface area is 108 Å². The summed E-state index contributed by atoms with van der Waals surface area (Å²) < 4.78 is 0. The first kappa shape index (κ1) is 12.0. The second-order valence-corrected chi connectivity index (χ2v) is 3.76. The Morgan fingerprint density at radius 1 is 1.33 bits per heavy atom. The van der Waals surface area contributed by atoms with Gasteiger partial charge in [0.1, 0.15) is 11.9 Å². The van der Waals surface area contributed by atoms with Crippen molar-refractivity contribution in [3.63, 3.8) is 0 Å². The topological polar surface area (TPSA) is 78.7 Å². The Hall–Kier alpha value is -2.45. The molecule has 0 saturated carbocycles. The first-order valence-electron chi connectivity index (χ1n) is 4.97. The van der Waals surface area contributed by atoms with Crippen molar-refractivity contribution in [3.05, 3.63) is 52.9 Å². The molecule has 0 aliphatic heterocycles. The molecule has 18 heavy (non-hydrogen) atoms. The second-order valence-electron chi connectivity index (χ2n) is 3.35. The Morgan fingerprint density at radius 2 is 2.17 bits per heavy atom. The molecule has 0 aliphatic rings. The van der Waals surface area contributed by atoms with E-state index in [2.05, 4.69) is 15.3 Å². The van der Waals surface area contributed by atoms with Crippen LogP contribution in [0.25, 0.3) is 0 Å². The zero-order valence-electron chi connectivity index (χ0n) is 9.09. The van der Waals surface area contributed by atoms with E-state index in [0.717, 1.165) is 0 Å². The minimum absolute atomic E-state index is 0.269. The number of amides is 1. The number of carbonyl (C=O) groups is 1. The summed E-state index contributed by atoms with van der Waals surface area (Å²) in [5.41, 5.74) is 0.692. The van der Waals surface area contributed by atoms with E-state index in [-0.39, 0.29) is 5.56 Å². The number of nitriles is 1. The smallest absolute Gasteiger partial charge is 0.259 e. The van der Waals surface area contributed by atoms with Crippen LogP contribution in [0.5, 0.6) is 0 Å². The zero-order chi connectivity index (χ0) is 13.0. The van der Waals surface area contributed by atoms with E-state index in [1.807, 2.05) is 6.07 Å². The molecular formula is C12H7ClN4O. The van der Waals surface area contributed by atoms with Gasteiger partial charge in [-0.05, 0) is 18.2 Å². The van der Waals surface area contributed by atoms with Gasteiger partial charge in [-0.3, -0.25) is 9.78 Å². The minimum atomic E-state index is -0.398. The maximum absolute atomic E-state index is 11.8. The number of nitrogens with one attached hydrogen (secondary N) is 1. The number of pyridine rings is 2. The average molecular weight is 259 g/mol. The van der Waals surface area contributed by atoms with Gasteiger partial charge in [0.15, 0.2) is 0 Å². The van der Waals surface area contributed by atoms with Crippen molar-refractivity contribution in [1.82, 2.24) is 9.97 Å². The Morgan fingerprint density at radius 3 is 2.78 bits per heavy atom. The lowest BCUT2D eigenvalue weighted by atomic mass is 10.2. The molecule has 0 atom stereocenters. The lowest BCUT2D eigenvalue weighted by Gasteiger charge is -2.05. The first-order valence-corrected chi connectivity index (χ1v) is 5.35. The lowest BCUT2D eigenvalue weighted by Crippen LogP contribution is -2.13. The maximum Gasteiger partial charge on any atom is 0.259 e. The van der Waals surface area contributed by atoms with Crippen LogP contribution in [-0.2, 0) is 0 Å². The van der Waals surface area contributed by atoms with Gasteiger partial charge in [0, 0.05) is 18.6 Å². The number of aromatic nitrogens is 2. The normalized spacial score (nSPS) is 9.56. The van der Waals surface area contributed by atoms with Gasteiger partial charge in [0.25, 0.3) is 5.91 Å². The number of rotatable bonds is 2. The molecule has 0 aromatic carbocycles. The summed E-state index contributed by atoms with van der Waals surface area (Å²) in [6.07, 6.45) is 4.25. The molecule has 88 valence electrons. The van der Waals surface area contributed by atoms with Crippen molar-refractivity contribution in [3.8, 4) is 6.07 Å². The molecule has 2 aromatic heterocycles. The summed E-state index contributed by atoms with van der Waals surface area (Å²) in [7, 11) is 0. The molecule has 2 heterocycles. The SMILES string of the molecule is N#Cc1ccc(NC(=O)c2cnccc2Cl)nc1. The van der Waals surface area contributed by atoms with Gasteiger partial charge in [0.2, 0.25) is 0 Å². The third-order valence-electron chi connectivity index (χ3n) is 2.15. The van der Waals surface area contributed by atoms with Crippen LogP contribution >= 0.6 is 11.6 Å². The molecule has 2 rings (SSSR count). The van der Waals surface area contributed by atoms with Gasteiger partial charge in [0.05, 0.1) is 16.1 Å². The fourth-order valence-corrected chi connectivity index (χ4v) is 1.45. The molecule has 0 fully saturated rings. The molecule has 0 radical (unpaired) electrons. The molecule has 5 nitrogen and oxygen atoms in total. The predicted molar refractivity (Wildman–Crippen MR) is 66.2 cm³/mol. The first-order chi connectivity index (χ1) is 8.70. The van der Waals surface area contributed by atoms with Crippen molar-refractivity contribution in [2.45, 2.75) is 0 Å². The number of carbonyl (C=O) groups excluding carboxylic acids is 1. The number of hydrogen-bond acceptors (Lipinski definition) is 4. The Kier molecular flexibility index (Phi) is 3.51. The Bertz CT molecular complexity index is 619. The van der Waals surface area contributed by atoms with E-state index < -0.39 is 5.91 Å². The van der Waals surface area contributed by atoms with E-state index >= 15 is 0 Å². The summed E-state index contributed by atoms with van der Waals surface area (Å²) in [6, 6.07) is 6.58. The van der Waals surface area contributed by atoms with E-state index in [4.69, 9.17) is 16.9 Å². The van der Waals surface area contributed by atoms with Crippen LogP contribution in [0.1, 0.15) is 15.9 Å². The van der Waals surface area contributed by atoms with Crippen molar-refractivity contribution in [1.29, 1.82) is 5.26 Å². The summed E-state index contributed by atoms with van der Waals surface area (Å²) in [5, 5.41) is 11.5. The molecule has 0 aliphatic carbocycles. The molecule has 0 bridgehead atoms. The van der Waals surface area contributed by atoms with Crippen LogP contribution in [-0.4, -0.2) is 15.9 Å². The third kappa shape index (κ3) is 2.62. The highest BCUT2D eigenvalue weighted by Gasteiger charge is 2.10.